The fraction of sp³-hybridized carbons (Fsp3) is 0.0800. The molecule has 0 unspecified atom stereocenters. The predicted octanol–water partition coefficient (Wildman–Crippen LogP) is 6.13. The number of nitrogens with zero attached hydrogens (tertiary/aromatic N) is 2. The van der Waals surface area contributed by atoms with E-state index in [1.807, 2.05) is 19.1 Å². The van der Waals surface area contributed by atoms with Gasteiger partial charge in [-0.25, -0.2) is 9.37 Å². The van der Waals surface area contributed by atoms with Crippen molar-refractivity contribution >= 4 is 60.1 Å². The minimum absolute atomic E-state index is 0.0170. The van der Waals surface area contributed by atoms with Gasteiger partial charge in [0.25, 0.3) is 5.78 Å². The highest BCUT2D eigenvalue weighted by atomic mass is 79.9. The number of aryl methyl sites for hydroxylation is 1. The Morgan fingerprint density at radius 1 is 1.06 bits per heavy atom. The largest absolute Gasteiger partial charge is 0.507 e. The van der Waals surface area contributed by atoms with Crippen molar-refractivity contribution in [2.75, 3.05) is 4.90 Å². The minimum Gasteiger partial charge on any atom is -0.507 e. The molecule has 1 saturated heterocycles. The number of anilines is 1. The monoisotopic (exact) mass is 522 g/mol. The predicted molar refractivity (Wildman–Crippen MR) is 130 cm³/mol. The van der Waals surface area contributed by atoms with Crippen molar-refractivity contribution in [1.82, 2.24) is 4.98 Å². The Hall–Kier alpha value is -3.36. The third kappa shape index (κ3) is 3.75. The van der Waals surface area contributed by atoms with E-state index < -0.39 is 23.5 Å². The minimum atomic E-state index is -0.884. The average Bonchev–Trinajstić information content (AvgIpc) is 3.32. The van der Waals surface area contributed by atoms with Gasteiger partial charge in [-0.05, 0) is 42.8 Å². The van der Waals surface area contributed by atoms with Gasteiger partial charge in [-0.15, -0.1) is 0 Å². The first-order valence-electron chi connectivity index (χ1n) is 10.0. The number of hydrogen-bond donors (Lipinski definition) is 1. The average molecular weight is 523 g/mol. The van der Waals surface area contributed by atoms with Crippen LogP contribution in [-0.4, -0.2) is 21.8 Å². The molecular weight excluding hydrogens is 507 g/mol. The summed E-state index contributed by atoms with van der Waals surface area (Å²) in [6.45, 7) is 1.92. The van der Waals surface area contributed by atoms with Crippen LogP contribution in [0, 0.1) is 12.7 Å². The number of thiazole rings is 1. The summed E-state index contributed by atoms with van der Waals surface area (Å²) in [5.41, 5.74) is 2.57. The van der Waals surface area contributed by atoms with Gasteiger partial charge in [0.2, 0.25) is 0 Å². The summed E-state index contributed by atoms with van der Waals surface area (Å²) in [7, 11) is 0. The van der Waals surface area contributed by atoms with Crippen molar-refractivity contribution in [3.05, 3.63) is 99.3 Å². The van der Waals surface area contributed by atoms with Crippen LogP contribution in [0.4, 0.5) is 9.52 Å². The van der Waals surface area contributed by atoms with Crippen molar-refractivity contribution in [3.8, 4) is 0 Å². The topological polar surface area (TPSA) is 70.5 Å². The number of hydrogen-bond acceptors (Lipinski definition) is 5. The van der Waals surface area contributed by atoms with E-state index in [-0.39, 0.29) is 16.5 Å². The van der Waals surface area contributed by atoms with Crippen LogP contribution in [0.25, 0.3) is 16.0 Å². The van der Waals surface area contributed by atoms with Gasteiger partial charge in [-0.1, -0.05) is 69.2 Å². The van der Waals surface area contributed by atoms with Gasteiger partial charge in [0.05, 0.1) is 21.8 Å². The molecule has 164 valence electrons. The number of ketones is 1. The van der Waals surface area contributed by atoms with Crippen molar-refractivity contribution in [1.29, 1.82) is 0 Å². The molecule has 1 amide bonds. The second kappa shape index (κ2) is 8.20. The number of carbonyl (C=O) groups excluding carboxylic acids is 2. The van der Waals surface area contributed by atoms with Gasteiger partial charge in [0, 0.05) is 10.0 Å². The summed E-state index contributed by atoms with van der Waals surface area (Å²) in [4.78, 5) is 32.2. The van der Waals surface area contributed by atoms with Crippen molar-refractivity contribution in [2.45, 2.75) is 13.0 Å². The molecule has 4 aromatic rings. The Kier molecular flexibility index (Phi) is 5.34. The SMILES string of the molecule is Cc1ccc(/C(O)=C2\C(=O)C(=O)N(c3nc4ccc(F)cc4s3)[C@@H]2c2ccc(Br)cc2)cc1. The van der Waals surface area contributed by atoms with Gasteiger partial charge < -0.3 is 5.11 Å². The fourth-order valence-electron chi connectivity index (χ4n) is 3.85. The van der Waals surface area contributed by atoms with Crippen LogP contribution in [0.3, 0.4) is 0 Å². The number of amides is 1. The van der Waals surface area contributed by atoms with Gasteiger partial charge >= 0.3 is 5.91 Å². The number of aromatic nitrogens is 1. The lowest BCUT2D eigenvalue weighted by Crippen LogP contribution is -2.29. The summed E-state index contributed by atoms with van der Waals surface area (Å²) in [5, 5.41) is 11.4. The van der Waals surface area contributed by atoms with Gasteiger partial charge in [-0.3, -0.25) is 14.5 Å². The Labute approximate surface area is 200 Å². The molecule has 5 rings (SSSR count). The van der Waals surface area contributed by atoms with Crippen LogP contribution in [0.1, 0.15) is 22.7 Å². The molecule has 1 aromatic heterocycles. The van der Waals surface area contributed by atoms with E-state index in [1.165, 1.54) is 23.1 Å². The summed E-state index contributed by atoms with van der Waals surface area (Å²) < 4.78 is 15.1. The number of rotatable bonds is 3. The normalized spacial score (nSPS) is 17.8. The third-order valence-corrected chi connectivity index (χ3v) is 7.05. The van der Waals surface area contributed by atoms with Crippen molar-refractivity contribution in [3.63, 3.8) is 0 Å². The Bertz CT molecular complexity index is 1450. The Balaban J connectivity index is 1.73. The van der Waals surface area contributed by atoms with Gasteiger partial charge in [0.15, 0.2) is 5.13 Å². The summed E-state index contributed by atoms with van der Waals surface area (Å²) in [6.07, 6.45) is 0. The number of aliphatic hydroxyl groups excluding tert-OH is 1. The quantitative estimate of drug-likeness (QED) is 0.199. The molecule has 5 nitrogen and oxygen atoms in total. The fourth-order valence-corrected chi connectivity index (χ4v) is 5.13. The van der Waals surface area contributed by atoms with Crippen molar-refractivity contribution < 1.29 is 19.1 Å². The maximum absolute atomic E-state index is 13.7. The van der Waals surface area contributed by atoms with Gasteiger partial charge in [-0.2, -0.15) is 0 Å². The maximum Gasteiger partial charge on any atom is 0.301 e. The second-order valence-corrected chi connectivity index (χ2v) is 9.62. The first-order chi connectivity index (χ1) is 15.8. The first kappa shape index (κ1) is 21.5. The molecule has 0 aliphatic carbocycles. The number of halogens is 2. The highest BCUT2D eigenvalue weighted by Crippen LogP contribution is 2.44. The molecule has 2 heterocycles. The molecule has 33 heavy (non-hydrogen) atoms. The lowest BCUT2D eigenvalue weighted by atomic mass is 9.95. The van der Waals surface area contributed by atoms with Crippen LogP contribution < -0.4 is 4.90 Å². The van der Waals surface area contributed by atoms with Crippen LogP contribution >= 0.6 is 27.3 Å². The zero-order valence-corrected chi connectivity index (χ0v) is 19.7. The molecule has 0 saturated carbocycles. The Morgan fingerprint density at radius 2 is 1.76 bits per heavy atom. The van der Waals surface area contributed by atoms with Crippen LogP contribution in [0.2, 0.25) is 0 Å². The highest BCUT2D eigenvalue weighted by molar-refractivity contribution is 9.10. The van der Waals surface area contributed by atoms with Crippen LogP contribution in [0.15, 0.2) is 76.8 Å². The van der Waals surface area contributed by atoms with Crippen LogP contribution in [0.5, 0.6) is 0 Å². The smallest absolute Gasteiger partial charge is 0.301 e. The second-order valence-electron chi connectivity index (χ2n) is 7.70. The van der Waals surface area contributed by atoms with Crippen LogP contribution in [-0.2, 0) is 9.59 Å². The van der Waals surface area contributed by atoms with E-state index in [4.69, 9.17) is 0 Å². The molecule has 1 fully saturated rings. The molecule has 3 aromatic carbocycles. The molecule has 1 N–H and O–H groups in total. The molecule has 1 aliphatic rings. The lowest BCUT2D eigenvalue weighted by molar-refractivity contribution is -0.132. The first-order valence-corrected chi connectivity index (χ1v) is 11.6. The third-order valence-electron chi connectivity index (χ3n) is 5.50. The molecule has 0 radical (unpaired) electrons. The zero-order chi connectivity index (χ0) is 23.3. The van der Waals surface area contributed by atoms with Crippen molar-refractivity contribution in [2.24, 2.45) is 0 Å². The number of aliphatic hydroxyl groups is 1. The van der Waals surface area contributed by atoms with E-state index in [0.29, 0.717) is 21.3 Å². The van der Waals surface area contributed by atoms with E-state index in [1.54, 1.807) is 36.4 Å². The molecule has 8 heteroatoms. The summed E-state index contributed by atoms with van der Waals surface area (Å²) >= 11 is 4.52. The number of carbonyl (C=O) groups is 2. The van der Waals surface area contributed by atoms with E-state index in [0.717, 1.165) is 21.4 Å². The lowest BCUT2D eigenvalue weighted by Gasteiger charge is -2.23. The summed E-state index contributed by atoms with van der Waals surface area (Å²) in [6, 6.07) is 17.5. The molecule has 1 aliphatic heterocycles. The number of benzene rings is 3. The number of fused-ring (bicyclic) bond motifs is 1. The Morgan fingerprint density at radius 3 is 2.45 bits per heavy atom. The zero-order valence-electron chi connectivity index (χ0n) is 17.3. The summed E-state index contributed by atoms with van der Waals surface area (Å²) in [5.74, 6) is -2.26. The van der Waals surface area contributed by atoms with Gasteiger partial charge in [0.1, 0.15) is 11.6 Å². The molecular formula is C25H16BrFN2O3S. The molecule has 1 atom stereocenters. The number of Topliss-reactive ketones (excluding diaryl/α,β-unsaturated/α-hetero) is 1. The standard InChI is InChI=1S/C25H16BrFN2O3S/c1-13-2-4-15(5-3-13)22(30)20-21(14-6-8-16(26)9-7-14)29(24(32)23(20)31)25-28-18-11-10-17(27)12-19(18)33-25/h2-12,21,30H,1H3/b22-20+/t21-/m1/s1. The maximum atomic E-state index is 13.7. The molecule has 0 bridgehead atoms. The highest BCUT2D eigenvalue weighted by Gasteiger charge is 2.48. The molecule has 0 spiro atoms. The van der Waals surface area contributed by atoms with E-state index in [9.17, 15) is 19.1 Å². The van der Waals surface area contributed by atoms with E-state index in [2.05, 4.69) is 20.9 Å². The van der Waals surface area contributed by atoms with E-state index >= 15 is 0 Å².